The molecule has 2 aromatic rings. The molecule has 1 aliphatic heterocycles. The molecule has 0 aromatic heterocycles. The number of alkyl halides is 1. The fraction of sp³-hybridized carbons (Fsp3) is 0.500. The quantitative estimate of drug-likeness (QED) is 0.386. The molecule has 0 saturated carbocycles. The van der Waals surface area contributed by atoms with Crippen LogP contribution < -0.4 is 10.4 Å². The van der Waals surface area contributed by atoms with Gasteiger partial charge in [-0.1, -0.05) is 97.4 Å². The van der Waals surface area contributed by atoms with Crippen LogP contribution in [0.5, 0.6) is 0 Å². The molecule has 1 fully saturated rings. The summed E-state index contributed by atoms with van der Waals surface area (Å²) < 4.78 is 13.2. The summed E-state index contributed by atoms with van der Waals surface area (Å²) in [6.45, 7) is 15.0. The summed E-state index contributed by atoms with van der Waals surface area (Å²) in [5.74, 6) is 0. The molecule has 2 atom stereocenters. The summed E-state index contributed by atoms with van der Waals surface area (Å²) in [4.78, 5) is 15.2. The maximum Gasteiger partial charge on any atom is 0.412 e. The Bertz CT molecular complexity index is 884. The zero-order valence-electron chi connectivity index (χ0n) is 20.3. The standard InChI is InChI=1S/C26H36BrNO3Si/c1-24(2,3)30-23(29)28-19-20(27)18-26(28,7)31-32(25(4,5)6,21-14-10-8-11-15-21)22-16-12-9-13-17-22/h8-17,20H,18-19H2,1-7H3/t20?,26-/m0/s1. The predicted octanol–water partition coefficient (Wildman–Crippen LogP) is 5.68. The van der Waals surface area contributed by atoms with Gasteiger partial charge in [0.2, 0.25) is 0 Å². The molecule has 2 aromatic carbocycles. The van der Waals surface area contributed by atoms with Gasteiger partial charge in [0.1, 0.15) is 11.3 Å². The summed E-state index contributed by atoms with van der Waals surface area (Å²) in [6.07, 6.45) is 0.358. The highest BCUT2D eigenvalue weighted by Crippen LogP contribution is 2.44. The van der Waals surface area contributed by atoms with Crippen molar-refractivity contribution in [3.05, 3.63) is 60.7 Å². The Morgan fingerprint density at radius 3 is 1.84 bits per heavy atom. The van der Waals surface area contributed by atoms with E-state index in [4.69, 9.17) is 9.16 Å². The minimum absolute atomic E-state index is 0.137. The minimum atomic E-state index is -2.83. The van der Waals surface area contributed by atoms with Crippen LogP contribution in [0.15, 0.2) is 60.7 Å². The van der Waals surface area contributed by atoms with Crippen LogP contribution in [0.3, 0.4) is 0 Å². The van der Waals surface area contributed by atoms with Gasteiger partial charge in [0.05, 0.1) is 0 Å². The van der Waals surface area contributed by atoms with Crippen molar-refractivity contribution in [1.82, 2.24) is 4.90 Å². The van der Waals surface area contributed by atoms with Crippen LogP contribution in [0.2, 0.25) is 5.04 Å². The molecule has 0 aliphatic carbocycles. The molecule has 1 amide bonds. The van der Waals surface area contributed by atoms with Crippen LogP contribution in [0.1, 0.15) is 54.9 Å². The molecule has 4 nitrogen and oxygen atoms in total. The van der Waals surface area contributed by atoms with Crippen molar-refractivity contribution in [1.29, 1.82) is 0 Å². The summed E-state index contributed by atoms with van der Waals surface area (Å²) in [5.41, 5.74) is -1.37. The van der Waals surface area contributed by atoms with E-state index in [2.05, 4.69) is 85.2 Å². The van der Waals surface area contributed by atoms with Gasteiger partial charge in [-0.15, -0.1) is 0 Å². The minimum Gasteiger partial charge on any atom is -0.444 e. The first-order valence-electron chi connectivity index (χ1n) is 11.2. The van der Waals surface area contributed by atoms with Gasteiger partial charge in [-0.2, -0.15) is 0 Å². The van der Waals surface area contributed by atoms with Gasteiger partial charge >= 0.3 is 6.09 Å². The summed E-state index contributed by atoms with van der Waals surface area (Å²) >= 11 is 3.76. The fourth-order valence-electron chi connectivity index (χ4n) is 4.64. The highest BCUT2D eigenvalue weighted by Gasteiger charge is 2.57. The molecular formula is C26H36BrNO3Si. The number of carbonyl (C=O) groups excluding carboxylic acids is 1. The smallest absolute Gasteiger partial charge is 0.412 e. The molecule has 6 heteroatoms. The molecule has 1 aliphatic rings. The van der Waals surface area contributed by atoms with Crippen molar-refractivity contribution < 1.29 is 14.0 Å². The molecule has 3 rings (SSSR count). The van der Waals surface area contributed by atoms with Crippen LogP contribution in [-0.2, 0) is 9.16 Å². The summed E-state index contributed by atoms with van der Waals surface area (Å²) in [6, 6.07) is 21.1. The van der Waals surface area contributed by atoms with Crippen LogP contribution in [0.25, 0.3) is 0 Å². The number of carbonyl (C=O) groups is 1. The molecule has 0 bridgehead atoms. The number of hydrogen-bond acceptors (Lipinski definition) is 3. The number of rotatable bonds is 4. The lowest BCUT2D eigenvalue weighted by Crippen LogP contribution is -2.71. The molecule has 0 radical (unpaired) electrons. The molecular weight excluding hydrogens is 482 g/mol. The predicted molar refractivity (Wildman–Crippen MR) is 137 cm³/mol. The van der Waals surface area contributed by atoms with Crippen LogP contribution >= 0.6 is 15.9 Å². The normalized spacial score (nSPS) is 22.1. The molecule has 0 N–H and O–H groups in total. The van der Waals surface area contributed by atoms with E-state index in [1.807, 2.05) is 39.8 Å². The third kappa shape index (κ3) is 4.97. The number of benzene rings is 2. The fourth-order valence-corrected chi connectivity index (χ4v) is 10.3. The van der Waals surface area contributed by atoms with Crippen molar-refractivity contribution >= 4 is 40.7 Å². The molecule has 0 spiro atoms. The third-order valence-corrected chi connectivity index (χ3v) is 11.7. The van der Waals surface area contributed by atoms with Crippen molar-refractivity contribution in [3.8, 4) is 0 Å². The van der Waals surface area contributed by atoms with Gasteiger partial charge in [0.25, 0.3) is 8.32 Å². The van der Waals surface area contributed by atoms with Crippen LogP contribution in [0, 0.1) is 0 Å². The number of halogens is 1. The maximum atomic E-state index is 13.2. The van der Waals surface area contributed by atoms with Gasteiger partial charge in [-0.05, 0) is 43.1 Å². The number of nitrogens with zero attached hydrogens (tertiary/aromatic N) is 1. The maximum absolute atomic E-state index is 13.2. The Morgan fingerprint density at radius 2 is 1.44 bits per heavy atom. The molecule has 1 unspecified atom stereocenters. The number of hydrogen-bond donors (Lipinski definition) is 0. The first kappa shape index (κ1) is 25.0. The average Bonchev–Trinajstić information content (AvgIpc) is 2.99. The molecule has 1 heterocycles. The van der Waals surface area contributed by atoms with Gasteiger partial charge in [-0.3, -0.25) is 4.90 Å². The number of likely N-dealkylation sites (tertiary alicyclic amines) is 1. The topological polar surface area (TPSA) is 38.8 Å². The lowest BCUT2D eigenvalue weighted by atomic mass is 10.2. The third-order valence-electron chi connectivity index (χ3n) is 5.96. The average molecular weight is 519 g/mol. The molecule has 32 heavy (non-hydrogen) atoms. The van der Waals surface area contributed by atoms with Gasteiger partial charge < -0.3 is 9.16 Å². The van der Waals surface area contributed by atoms with Crippen molar-refractivity contribution in [2.75, 3.05) is 6.54 Å². The second kappa shape index (κ2) is 8.96. The van der Waals surface area contributed by atoms with Crippen molar-refractivity contribution in [3.63, 3.8) is 0 Å². The SMILES string of the molecule is CC(C)(C)OC(=O)N1CC(Br)C[C@]1(C)O[Si](c1ccccc1)(c1ccccc1)C(C)(C)C. The highest BCUT2D eigenvalue weighted by molar-refractivity contribution is 9.09. The lowest BCUT2D eigenvalue weighted by Gasteiger charge is -2.49. The van der Waals surface area contributed by atoms with E-state index >= 15 is 0 Å². The summed E-state index contributed by atoms with van der Waals surface area (Å²) in [5, 5.41) is 2.21. The summed E-state index contributed by atoms with van der Waals surface area (Å²) in [7, 11) is -2.83. The zero-order chi connectivity index (χ0) is 23.8. The van der Waals surface area contributed by atoms with E-state index in [9.17, 15) is 4.79 Å². The van der Waals surface area contributed by atoms with E-state index in [1.54, 1.807) is 4.90 Å². The van der Waals surface area contributed by atoms with Gasteiger partial charge in [0.15, 0.2) is 0 Å². The van der Waals surface area contributed by atoms with E-state index in [0.717, 1.165) is 0 Å². The number of amides is 1. The second-order valence-corrected chi connectivity index (χ2v) is 16.3. The van der Waals surface area contributed by atoms with Crippen LogP contribution in [-0.4, -0.2) is 42.0 Å². The largest absolute Gasteiger partial charge is 0.444 e. The Labute approximate surface area is 202 Å². The second-order valence-electron chi connectivity index (χ2n) is 10.8. The van der Waals surface area contributed by atoms with E-state index in [-0.39, 0.29) is 16.0 Å². The molecule has 174 valence electrons. The highest BCUT2D eigenvalue weighted by atomic mass is 79.9. The van der Waals surface area contributed by atoms with E-state index < -0.39 is 19.6 Å². The number of ether oxygens (including phenoxy) is 1. The first-order chi connectivity index (χ1) is 14.8. The Hall–Kier alpha value is -1.63. The Kier molecular flexibility index (Phi) is 7.00. The first-order valence-corrected chi connectivity index (χ1v) is 14.1. The van der Waals surface area contributed by atoms with Crippen molar-refractivity contribution in [2.24, 2.45) is 0 Å². The van der Waals surface area contributed by atoms with E-state index in [1.165, 1.54) is 10.4 Å². The van der Waals surface area contributed by atoms with Gasteiger partial charge in [-0.25, -0.2) is 4.79 Å². The Balaban J connectivity index is 2.17. The van der Waals surface area contributed by atoms with Gasteiger partial charge in [0, 0.05) is 17.8 Å². The van der Waals surface area contributed by atoms with E-state index in [0.29, 0.717) is 13.0 Å². The molecule has 1 saturated heterocycles. The monoisotopic (exact) mass is 517 g/mol. The lowest BCUT2D eigenvalue weighted by molar-refractivity contribution is -0.0602. The Morgan fingerprint density at radius 1 is 0.969 bits per heavy atom. The van der Waals surface area contributed by atoms with Crippen LogP contribution in [0.4, 0.5) is 4.79 Å². The van der Waals surface area contributed by atoms with Crippen molar-refractivity contribution in [2.45, 2.75) is 76.1 Å². The zero-order valence-corrected chi connectivity index (χ0v) is 22.9.